The Kier molecular flexibility index (Phi) is 11.2. The first-order chi connectivity index (χ1) is 22.3. The molecule has 2 aliphatic heterocycles. The fourth-order valence-corrected chi connectivity index (χ4v) is 5.85. The monoisotopic (exact) mass is 606 g/mol. The van der Waals surface area contributed by atoms with Gasteiger partial charge in [-0.1, -0.05) is 127 Å². The molecule has 0 saturated carbocycles. The normalized spacial score (nSPS) is 24.8. The molecule has 0 aromatic heterocycles. The molecule has 4 aromatic carbocycles. The zero-order chi connectivity index (χ0) is 30.6. The molecule has 5 atom stereocenters. The first kappa shape index (κ1) is 31.4. The molecule has 2 heterocycles. The number of hydrogen-bond donors (Lipinski definition) is 0. The van der Waals surface area contributed by atoms with Crippen LogP contribution in [0.4, 0.5) is 0 Å². The molecule has 234 valence electrons. The van der Waals surface area contributed by atoms with Gasteiger partial charge < -0.3 is 28.4 Å². The Hall–Kier alpha value is -3.62. The Bertz CT molecular complexity index is 1430. The van der Waals surface area contributed by atoms with Gasteiger partial charge in [-0.2, -0.15) is 0 Å². The van der Waals surface area contributed by atoms with E-state index in [-0.39, 0.29) is 0 Å². The minimum atomic E-state index is -1.17. The van der Waals surface area contributed by atoms with Gasteiger partial charge in [0.05, 0.1) is 39.6 Å². The lowest BCUT2D eigenvalue weighted by Crippen LogP contribution is -2.67. The second kappa shape index (κ2) is 16.1. The summed E-state index contributed by atoms with van der Waals surface area (Å²) in [6, 6.07) is 40.7. The molecule has 0 bridgehead atoms. The summed E-state index contributed by atoms with van der Waals surface area (Å²) in [6.45, 7) is 2.45. The molecule has 0 radical (unpaired) electrons. The molecule has 0 unspecified atom stereocenters. The highest BCUT2D eigenvalue weighted by atomic mass is 16.7. The molecule has 4 aromatic rings. The summed E-state index contributed by atoms with van der Waals surface area (Å²) in [4.78, 5) is 0. The van der Waals surface area contributed by atoms with Crippen molar-refractivity contribution in [2.45, 2.75) is 69.5 Å². The SMILES string of the molecule is C1=C[C@]2(OCCC1)O[C@H](COCc1ccccc1)[C@@H](OCc1ccccc1)[C@H](OCc1ccccc1)[C@H]2OCc1ccccc1. The molecule has 1 fully saturated rings. The molecular formula is C39H42O6. The molecule has 0 aliphatic carbocycles. The number of hydrogen-bond acceptors (Lipinski definition) is 6. The third kappa shape index (κ3) is 8.56. The fraction of sp³-hybridized carbons (Fsp3) is 0.333. The minimum absolute atomic E-state index is 0.296. The molecule has 0 N–H and O–H groups in total. The number of rotatable bonds is 13. The molecule has 45 heavy (non-hydrogen) atoms. The lowest BCUT2D eigenvalue weighted by molar-refractivity contribution is -0.363. The fourth-order valence-electron chi connectivity index (χ4n) is 5.85. The van der Waals surface area contributed by atoms with Crippen LogP contribution in [0.25, 0.3) is 0 Å². The quantitative estimate of drug-likeness (QED) is 0.148. The van der Waals surface area contributed by atoms with Crippen LogP contribution in [0, 0.1) is 0 Å². The third-order valence-corrected chi connectivity index (χ3v) is 8.15. The average molecular weight is 607 g/mol. The second-order valence-electron chi connectivity index (χ2n) is 11.5. The lowest BCUT2D eigenvalue weighted by atomic mass is 9.91. The number of benzene rings is 4. The highest BCUT2D eigenvalue weighted by molar-refractivity contribution is 5.18. The summed E-state index contributed by atoms with van der Waals surface area (Å²) in [6.07, 6.45) is 3.82. The van der Waals surface area contributed by atoms with Gasteiger partial charge in [-0.05, 0) is 41.2 Å². The van der Waals surface area contributed by atoms with E-state index >= 15 is 0 Å². The predicted molar refractivity (Wildman–Crippen MR) is 173 cm³/mol. The Morgan fingerprint density at radius 1 is 0.578 bits per heavy atom. The summed E-state index contributed by atoms with van der Waals surface area (Å²) in [5.41, 5.74) is 4.28. The van der Waals surface area contributed by atoms with Crippen LogP contribution < -0.4 is 0 Å². The van der Waals surface area contributed by atoms with Gasteiger partial charge in [0.1, 0.15) is 24.4 Å². The van der Waals surface area contributed by atoms with E-state index < -0.39 is 30.2 Å². The standard InChI is InChI=1S/C39H42O6/c1-6-16-31(17-7-1)26-40-30-35-36(41-27-32-18-8-2-9-19-32)37(42-28-33-20-10-3-11-21-33)38(43-29-34-22-12-4-13-23-34)39(45-35)24-14-5-15-25-44-39/h1-4,6-14,16-24,35-38H,5,15,25-30H2/t35-,36-,37+,38-,39+/m1/s1. The van der Waals surface area contributed by atoms with Crippen LogP contribution in [0.2, 0.25) is 0 Å². The molecule has 2 aliphatic rings. The predicted octanol–water partition coefficient (Wildman–Crippen LogP) is 7.42. The van der Waals surface area contributed by atoms with E-state index in [1.165, 1.54) is 0 Å². The van der Waals surface area contributed by atoms with E-state index in [1.54, 1.807) is 0 Å². The minimum Gasteiger partial charge on any atom is -0.374 e. The molecule has 1 spiro atoms. The Morgan fingerprint density at radius 2 is 1.07 bits per heavy atom. The van der Waals surface area contributed by atoms with Crippen LogP contribution in [0.1, 0.15) is 35.1 Å². The Labute approximate surface area is 266 Å². The lowest BCUT2D eigenvalue weighted by Gasteiger charge is -2.51. The average Bonchev–Trinajstić information content (AvgIpc) is 3.34. The van der Waals surface area contributed by atoms with Crippen LogP contribution in [0.5, 0.6) is 0 Å². The van der Waals surface area contributed by atoms with E-state index in [1.807, 2.05) is 78.9 Å². The summed E-state index contributed by atoms with van der Waals surface area (Å²) in [7, 11) is 0. The first-order valence-corrected chi connectivity index (χ1v) is 15.9. The topological polar surface area (TPSA) is 55.4 Å². The van der Waals surface area contributed by atoms with Gasteiger partial charge in [-0.25, -0.2) is 0 Å². The van der Waals surface area contributed by atoms with Gasteiger partial charge >= 0.3 is 0 Å². The highest BCUT2D eigenvalue weighted by Gasteiger charge is 2.57. The molecule has 6 rings (SSSR count). The van der Waals surface area contributed by atoms with Crippen LogP contribution in [-0.4, -0.2) is 43.4 Å². The highest BCUT2D eigenvalue weighted by Crippen LogP contribution is 2.40. The second-order valence-corrected chi connectivity index (χ2v) is 11.5. The number of ether oxygens (including phenoxy) is 6. The maximum Gasteiger partial charge on any atom is 0.218 e. The molecule has 6 nitrogen and oxygen atoms in total. The summed E-state index contributed by atoms with van der Waals surface area (Å²) in [5.74, 6) is -1.17. The Morgan fingerprint density at radius 3 is 1.62 bits per heavy atom. The van der Waals surface area contributed by atoms with E-state index in [0.29, 0.717) is 39.6 Å². The van der Waals surface area contributed by atoms with E-state index in [9.17, 15) is 0 Å². The van der Waals surface area contributed by atoms with Crippen molar-refractivity contribution < 1.29 is 28.4 Å². The Balaban J connectivity index is 1.33. The van der Waals surface area contributed by atoms with Crippen molar-refractivity contribution in [2.75, 3.05) is 13.2 Å². The van der Waals surface area contributed by atoms with Gasteiger partial charge in [0.25, 0.3) is 0 Å². The van der Waals surface area contributed by atoms with Crippen molar-refractivity contribution in [3.63, 3.8) is 0 Å². The van der Waals surface area contributed by atoms with Gasteiger partial charge in [-0.3, -0.25) is 0 Å². The summed E-state index contributed by atoms with van der Waals surface area (Å²) >= 11 is 0. The first-order valence-electron chi connectivity index (χ1n) is 15.9. The van der Waals surface area contributed by atoms with E-state index in [2.05, 4.69) is 54.6 Å². The zero-order valence-electron chi connectivity index (χ0n) is 25.6. The number of allylic oxidation sites excluding steroid dienone is 1. The largest absolute Gasteiger partial charge is 0.374 e. The van der Waals surface area contributed by atoms with Crippen molar-refractivity contribution >= 4 is 0 Å². The molecular weight excluding hydrogens is 564 g/mol. The van der Waals surface area contributed by atoms with Crippen LogP contribution >= 0.6 is 0 Å². The molecule has 6 heteroatoms. The van der Waals surface area contributed by atoms with Crippen LogP contribution in [-0.2, 0) is 54.8 Å². The van der Waals surface area contributed by atoms with Crippen molar-refractivity contribution in [1.82, 2.24) is 0 Å². The molecule has 1 saturated heterocycles. The van der Waals surface area contributed by atoms with E-state index in [4.69, 9.17) is 28.4 Å². The zero-order valence-corrected chi connectivity index (χ0v) is 25.6. The van der Waals surface area contributed by atoms with Crippen molar-refractivity contribution in [2.24, 2.45) is 0 Å². The molecule has 0 amide bonds. The van der Waals surface area contributed by atoms with E-state index in [0.717, 1.165) is 35.1 Å². The van der Waals surface area contributed by atoms with Crippen molar-refractivity contribution in [3.05, 3.63) is 156 Å². The smallest absolute Gasteiger partial charge is 0.218 e. The van der Waals surface area contributed by atoms with Crippen LogP contribution in [0.15, 0.2) is 133 Å². The third-order valence-electron chi connectivity index (χ3n) is 8.15. The maximum absolute atomic E-state index is 6.95. The summed E-state index contributed by atoms with van der Waals surface area (Å²) in [5, 5.41) is 0. The summed E-state index contributed by atoms with van der Waals surface area (Å²) < 4.78 is 40.2. The van der Waals surface area contributed by atoms with Crippen molar-refractivity contribution in [1.29, 1.82) is 0 Å². The van der Waals surface area contributed by atoms with Gasteiger partial charge in [-0.15, -0.1) is 0 Å². The van der Waals surface area contributed by atoms with Gasteiger partial charge in [0.2, 0.25) is 5.79 Å². The van der Waals surface area contributed by atoms with Crippen molar-refractivity contribution in [3.8, 4) is 0 Å². The maximum atomic E-state index is 6.95. The van der Waals surface area contributed by atoms with Gasteiger partial charge in [0, 0.05) is 0 Å². The van der Waals surface area contributed by atoms with Gasteiger partial charge in [0.15, 0.2) is 0 Å². The van der Waals surface area contributed by atoms with Crippen LogP contribution in [0.3, 0.4) is 0 Å².